The number of rotatable bonds is 2. The van der Waals surface area contributed by atoms with Crippen molar-refractivity contribution in [2.45, 2.75) is 13.3 Å². The molecule has 0 saturated carbocycles. The summed E-state index contributed by atoms with van der Waals surface area (Å²) in [4.78, 5) is 36.0. The molecule has 0 aliphatic carbocycles. The lowest BCUT2D eigenvalue weighted by atomic mass is 10.1. The zero-order chi connectivity index (χ0) is 18.1. The van der Waals surface area contributed by atoms with Gasteiger partial charge in [0.15, 0.2) is 0 Å². The van der Waals surface area contributed by atoms with E-state index in [1.54, 1.807) is 28.0 Å². The van der Waals surface area contributed by atoms with E-state index >= 15 is 0 Å². The Balaban J connectivity index is 1.47. The van der Waals surface area contributed by atoms with Gasteiger partial charge >= 0.3 is 0 Å². The van der Waals surface area contributed by atoms with Gasteiger partial charge in [-0.25, -0.2) is 4.98 Å². The van der Waals surface area contributed by atoms with Gasteiger partial charge in [-0.1, -0.05) is 0 Å². The second-order valence-corrected chi connectivity index (χ2v) is 6.34. The van der Waals surface area contributed by atoms with Crippen molar-refractivity contribution < 1.29 is 9.59 Å². The van der Waals surface area contributed by atoms with Crippen LogP contribution in [0.3, 0.4) is 0 Å². The summed E-state index contributed by atoms with van der Waals surface area (Å²) in [5.41, 5.74) is 3.17. The maximum Gasteiger partial charge on any atom is 0.274 e. The standard InChI is InChI=1S/C17H19N7O2/c1-11-15(19-10-18-11)17(26)24-6-2-5-23(7-8-24)16(25)12-3-4-13-14(9-12)21-22-20-13/h3-4,9-10H,2,5-8H2,1H3,(H,18,19)(H,20,21,22). The zero-order valence-electron chi connectivity index (χ0n) is 14.4. The minimum atomic E-state index is -0.0953. The van der Waals surface area contributed by atoms with Crippen molar-refractivity contribution in [2.75, 3.05) is 26.2 Å². The van der Waals surface area contributed by atoms with E-state index in [9.17, 15) is 9.59 Å². The highest BCUT2D eigenvalue weighted by Gasteiger charge is 2.25. The third-order valence-electron chi connectivity index (χ3n) is 4.67. The smallest absolute Gasteiger partial charge is 0.274 e. The van der Waals surface area contributed by atoms with Gasteiger partial charge in [0, 0.05) is 37.4 Å². The van der Waals surface area contributed by atoms with Crippen LogP contribution in [0.25, 0.3) is 11.0 Å². The van der Waals surface area contributed by atoms with Gasteiger partial charge in [-0.15, -0.1) is 0 Å². The first kappa shape index (κ1) is 16.2. The van der Waals surface area contributed by atoms with Gasteiger partial charge in [0.25, 0.3) is 11.8 Å². The predicted molar refractivity (Wildman–Crippen MR) is 93.6 cm³/mol. The van der Waals surface area contributed by atoms with Crippen LogP contribution in [0.1, 0.15) is 33.0 Å². The Morgan fingerprint density at radius 1 is 1.00 bits per heavy atom. The summed E-state index contributed by atoms with van der Waals surface area (Å²) in [6.07, 6.45) is 2.25. The van der Waals surface area contributed by atoms with Crippen LogP contribution in [0.5, 0.6) is 0 Å². The molecule has 1 aliphatic heterocycles. The van der Waals surface area contributed by atoms with Crippen LogP contribution < -0.4 is 0 Å². The molecule has 2 aromatic heterocycles. The largest absolute Gasteiger partial charge is 0.348 e. The first-order valence-electron chi connectivity index (χ1n) is 8.52. The Morgan fingerprint density at radius 3 is 2.46 bits per heavy atom. The van der Waals surface area contributed by atoms with E-state index < -0.39 is 0 Å². The Hall–Kier alpha value is -3.23. The van der Waals surface area contributed by atoms with Crippen molar-refractivity contribution in [1.82, 2.24) is 35.2 Å². The summed E-state index contributed by atoms with van der Waals surface area (Å²) in [7, 11) is 0. The monoisotopic (exact) mass is 353 g/mol. The van der Waals surface area contributed by atoms with Crippen molar-refractivity contribution >= 4 is 22.8 Å². The lowest BCUT2D eigenvalue weighted by Gasteiger charge is -2.22. The molecule has 4 rings (SSSR count). The minimum Gasteiger partial charge on any atom is -0.348 e. The average Bonchev–Trinajstić information content (AvgIpc) is 3.22. The van der Waals surface area contributed by atoms with E-state index in [-0.39, 0.29) is 11.8 Å². The minimum absolute atomic E-state index is 0.0554. The van der Waals surface area contributed by atoms with Crippen LogP contribution in [0.2, 0.25) is 0 Å². The van der Waals surface area contributed by atoms with Crippen LogP contribution in [0.15, 0.2) is 24.5 Å². The summed E-state index contributed by atoms with van der Waals surface area (Å²) < 4.78 is 0. The number of hydrogen-bond acceptors (Lipinski definition) is 5. The molecule has 2 N–H and O–H groups in total. The number of carbonyl (C=O) groups excluding carboxylic acids is 2. The first-order chi connectivity index (χ1) is 12.6. The number of hydrogen-bond donors (Lipinski definition) is 2. The van der Waals surface area contributed by atoms with Crippen molar-refractivity contribution in [3.05, 3.63) is 41.5 Å². The Bertz CT molecular complexity index is 961. The second kappa shape index (κ2) is 6.58. The molecule has 2 amide bonds. The number of benzene rings is 1. The van der Waals surface area contributed by atoms with Gasteiger partial charge < -0.3 is 14.8 Å². The number of carbonyl (C=O) groups is 2. The molecule has 0 spiro atoms. The summed E-state index contributed by atoms with van der Waals surface area (Å²) in [5.74, 6) is -0.151. The van der Waals surface area contributed by atoms with Crippen LogP contribution in [-0.2, 0) is 0 Å². The molecule has 1 aromatic carbocycles. The quantitative estimate of drug-likeness (QED) is 0.713. The van der Waals surface area contributed by atoms with Crippen LogP contribution in [0, 0.1) is 6.92 Å². The van der Waals surface area contributed by atoms with Crippen LogP contribution >= 0.6 is 0 Å². The molecular weight excluding hydrogens is 334 g/mol. The maximum atomic E-state index is 12.8. The molecule has 0 radical (unpaired) electrons. The number of aromatic amines is 2. The molecule has 26 heavy (non-hydrogen) atoms. The van der Waals surface area contributed by atoms with Crippen molar-refractivity contribution in [3.8, 4) is 0 Å². The highest BCUT2D eigenvalue weighted by molar-refractivity contribution is 5.97. The number of aryl methyl sites for hydroxylation is 1. The van der Waals surface area contributed by atoms with Crippen molar-refractivity contribution in [1.29, 1.82) is 0 Å². The van der Waals surface area contributed by atoms with Crippen LogP contribution in [0.4, 0.5) is 0 Å². The maximum absolute atomic E-state index is 12.8. The molecular formula is C17H19N7O2. The van der Waals surface area contributed by atoms with Gasteiger partial charge in [0.05, 0.1) is 6.33 Å². The van der Waals surface area contributed by atoms with Crippen molar-refractivity contribution in [3.63, 3.8) is 0 Å². The van der Waals surface area contributed by atoms with Crippen molar-refractivity contribution in [2.24, 2.45) is 0 Å². The summed E-state index contributed by atoms with van der Waals surface area (Å²) in [6.45, 7) is 4.03. The van der Waals surface area contributed by atoms with Gasteiger partial charge in [0.2, 0.25) is 0 Å². The van der Waals surface area contributed by atoms with E-state index in [4.69, 9.17) is 0 Å². The fourth-order valence-corrected chi connectivity index (χ4v) is 3.20. The van der Waals surface area contributed by atoms with E-state index in [0.29, 0.717) is 43.0 Å². The molecule has 1 aliphatic rings. The lowest BCUT2D eigenvalue weighted by Crippen LogP contribution is -2.37. The van der Waals surface area contributed by atoms with Gasteiger partial charge in [0.1, 0.15) is 16.7 Å². The number of H-pyrrole nitrogens is 2. The Kier molecular flexibility index (Phi) is 4.11. The van der Waals surface area contributed by atoms with Gasteiger partial charge in [-0.3, -0.25) is 9.59 Å². The van der Waals surface area contributed by atoms with Gasteiger partial charge in [-0.05, 0) is 31.5 Å². The number of amides is 2. The third kappa shape index (κ3) is 2.92. The summed E-state index contributed by atoms with van der Waals surface area (Å²) in [5, 5.41) is 10.6. The van der Waals surface area contributed by atoms with E-state index in [2.05, 4.69) is 25.4 Å². The highest BCUT2D eigenvalue weighted by Crippen LogP contribution is 2.15. The highest BCUT2D eigenvalue weighted by atomic mass is 16.2. The molecule has 0 atom stereocenters. The molecule has 1 saturated heterocycles. The number of imidazole rings is 1. The molecule has 3 heterocycles. The fraction of sp³-hybridized carbons (Fsp3) is 0.353. The third-order valence-corrected chi connectivity index (χ3v) is 4.67. The van der Waals surface area contributed by atoms with E-state index in [0.717, 1.165) is 17.6 Å². The van der Waals surface area contributed by atoms with E-state index in [1.165, 1.54) is 6.33 Å². The molecule has 9 nitrogen and oxygen atoms in total. The number of nitrogens with one attached hydrogen (secondary N) is 2. The Morgan fingerprint density at radius 2 is 1.73 bits per heavy atom. The molecule has 0 bridgehead atoms. The molecule has 0 unspecified atom stereocenters. The first-order valence-corrected chi connectivity index (χ1v) is 8.52. The number of fused-ring (bicyclic) bond motifs is 1. The number of aromatic nitrogens is 5. The Labute approximate surface area is 149 Å². The van der Waals surface area contributed by atoms with Crippen LogP contribution in [-0.4, -0.2) is 73.2 Å². The summed E-state index contributed by atoms with van der Waals surface area (Å²) >= 11 is 0. The molecule has 9 heteroatoms. The average molecular weight is 353 g/mol. The SMILES string of the molecule is Cc1[nH]cnc1C(=O)N1CCCN(C(=O)c2ccc3n[nH]nc3c2)CC1. The topological polar surface area (TPSA) is 111 Å². The molecule has 134 valence electrons. The molecule has 3 aromatic rings. The predicted octanol–water partition coefficient (Wildman–Crippen LogP) is 0.978. The lowest BCUT2D eigenvalue weighted by molar-refractivity contribution is 0.0715. The van der Waals surface area contributed by atoms with Gasteiger partial charge in [-0.2, -0.15) is 15.4 Å². The van der Waals surface area contributed by atoms with E-state index in [1.807, 2.05) is 6.92 Å². The normalized spacial score (nSPS) is 15.3. The molecule has 1 fully saturated rings. The number of nitrogens with zero attached hydrogens (tertiary/aromatic N) is 5. The zero-order valence-corrected chi connectivity index (χ0v) is 14.4. The summed E-state index contributed by atoms with van der Waals surface area (Å²) in [6, 6.07) is 5.27. The fourth-order valence-electron chi connectivity index (χ4n) is 3.20. The second-order valence-electron chi connectivity index (χ2n) is 6.34.